The van der Waals surface area contributed by atoms with Gasteiger partial charge in [-0.25, -0.2) is 4.98 Å². The van der Waals surface area contributed by atoms with Crippen molar-refractivity contribution in [3.63, 3.8) is 0 Å². The maximum absolute atomic E-state index is 10.7. The summed E-state index contributed by atoms with van der Waals surface area (Å²) in [6, 6.07) is 0. The first-order valence-corrected chi connectivity index (χ1v) is 6.34. The molecule has 1 fully saturated rings. The molecule has 86 valence electrons. The van der Waals surface area contributed by atoms with Crippen LogP contribution in [0, 0.1) is 0 Å². The lowest BCUT2D eigenvalue weighted by atomic mass is 9.95. The Morgan fingerprint density at radius 1 is 1.44 bits per heavy atom. The van der Waals surface area contributed by atoms with E-state index in [1.54, 1.807) is 0 Å². The van der Waals surface area contributed by atoms with Gasteiger partial charge in [0.05, 0.1) is 5.69 Å². The molecule has 0 spiro atoms. The van der Waals surface area contributed by atoms with Crippen molar-refractivity contribution in [3.8, 4) is 0 Å². The van der Waals surface area contributed by atoms with E-state index < -0.39 is 0 Å². The number of nitrogens with zero attached hydrogens (tertiary/aromatic N) is 2. The van der Waals surface area contributed by atoms with Crippen molar-refractivity contribution < 1.29 is 4.79 Å². The SMILES string of the molecule is CC1CCCn2c(C3CC3)nc(CC=O)c21. The summed E-state index contributed by atoms with van der Waals surface area (Å²) in [5.41, 5.74) is 2.39. The van der Waals surface area contributed by atoms with Gasteiger partial charge in [-0.2, -0.15) is 0 Å². The highest BCUT2D eigenvalue weighted by Gasteiger charge is 2.33. The van der Waals surface area contributed by atoms with E-state index in [-0.39, 0.29) is 0 Å². The molecule has 16 heavy (non-hydrogen) atoms. The normalized spacial score (nSPS) is 24.2. The van der Waals surface area contributed by atoms with Crippen LogP contribution in [0.5, 0.6) is 0 Å². The minimum Gasteiger partial charge on any atom is -0.331 e. The van der Waals surface area contributed by atoms with Gasteiger partial charge >= 0.3 is 0 Å². The van der Waals surface area contributed by atoms with Crippen LogP contribution in [0.2, 0.25) is 0 Å². The molecule has 1 aromatic rings. The Hall–Kier alpha value is -1.12. The van der Waals surface area contributed by atoms with E-state index in [2.05, 4.69) is 11.5 Å². The molecule has 0 aromatic carbocycles. The van der Waals surface area contributed by atoms with E-state index in [0.717, 1.165) is 18.5 Å². The molecule has 2 aliphatic rings. The van der Waals surface area contributed by atoms with E-state index in [0.29, 0.717) is 18.3 Å². The molecular weight excluding hydrogens is 200 g/mol. The average molecular weight is 218 g/mol. The Labute approximate surface area is 95.9 Å². The standard InChI is InChI=1S/C13H18N2O/c1-9-3-2-7-15-12(9)11(6-8-16)14-13(15)10-4-5-10/h8-10H,2-7H2,1H3. The van der Waals surface area contributed by atoms with Crippen LogP contribution in [-0.4, -0.2) is 15.8 Å². The van der Waals surface area contributed by atoms with Crippen molar-refractivity contribution in [2.24, 2.45) is 0 Å². The third-order valence-electron chi connectivity index (χ3n) is 3.82. The maximum Gasteiger partial charge on any atom is 0.126 e. The molecule has 0 amide bonds. The molecule has 3 heteroatoms. The fourth-order valence-electron chi connectivity index (χ4n) is 2.90. The van der Waals surface area contributed by atoms with Crippen molar-refractivity contribution in [1.82, 2.24) is 9.55 Å². The number of aromatic nitrogens is 2. The maximum atomic E-state index is 10.7. The highest BCUT2D eigenvalue weighted by atomic mass is 16.1. The van der Waals surface area contributed by atoms with Crippen LogP contribution in [0.15, 0.2) is 0 Å². The van der Waals surface area contributed by atoms with Gasteiger partial charge in [-0.05, 0) is 31.6 Å². The number of carbonyl (C=O) groups is 1. The van der Waals surface area contributed by atoms with Crippen molar-refractivity contribution in [3.05, 3.63) is 17.2 Å². The van der Waals surface area contributed by atoms with Gasteiger partial charge in [0, 0.05) is 24.6 Å². The fraction of sp³-hybridized carbons (Fsp3) is 0.692. The molecule has 0 N–H and O–H groups in total. The quantitative estimate of drug-likeness (QED) is 0.730. The van der Waals surface area contributed by atoms with Gasteiger partial charge in [0.25, 0.3) is 0 Å². The Morgan fingerprint density at radius 3 is 2.94 bits per heavy atom. The molecule has 0 saturated heterocycles. The van der Waals surface area contributed by atoms with Crippen molar-refractivity contribution in [2.75, 3.05) is 0 Å². The van der Waals surface area contributed by atoms with Gasteiger partial charge in [0.15, 0.2) is 0 Å². The van der Waals surface area contributed by atoms with Gasteiger partial charge in [-0.1, -0.05) is 6.92 Å². The predicted octanol–water partition coefficient (Wildman–Crippen LogP) is 2.40. The lowest BCUT2D eigenvalue weighted by molar-refractivity contribution is -0.107. The molecule has 1 atom stereocenters. The first kappa shape index (κ1) is 10.1. The zero-order valence-corrected chi connectivity index (χ0v) is 9.78. The second-order valence-electron chi connectivity index (χ2n) is 5.14. The molecule has 0 radical (unpaired) electrons. The summed E-state index contributed by atoms with van der Waals surface area (Å²) in [5, 5.41) is 0. The monoisotopic (exact) mass is 218 g/mol. The number of carbonyl (C=O) groups excluding carboxylic acids is 1. The summed E-state index contributed by atoms with van der Waals surface area (Å²) in [6.45, 7) is 3.37. The number of hydrogen-bond acceptors (Lipinski definition) is 2. The highest BCUT2D eigenvalue weighted by molar-refractivity contribution is 5.55. The van der Waals surface area contributed by atoms with E-state index in [1.165, 1.54) is 37.2 Å². The second kappa shape index (κ2) is 3.72. The lowest BCUT2D eigenvalue weighted by Gasteiger charge is -2.23. The van der Waals surface area contributed by atoms with Gasteiger partial charge in [0.1, 0.15) is 12.1 Å². The molecule has 1 saturated carbocycles. The van der Waals surface area contributed by atoms with Gasteiger partial charge in [-0.15, -0.1) is 0 Å². The van der Waals surface area contributed by atoms with Gasteiger partial charge in [0.2, 0.25) is 0 Å². The zero-order valence-electron chi connectivity index (χ0n) is 9.78. The lowest BCUT2D eigenvalue weighted by Crippen LogP contribution is -2.16. The van der Waals surface area contributed by atoms with Crippen molar-refractivity contribution in [2.45, 2.75) is 57.4 Å². The number of rotatable bonds is 3. The largest absolute Gasteiger partial charge is 0.331 e. The fourth-order valence-corrected chi connectivity index (χ4v) is 2.90. The van der Waals surface area contributed by atoms with Crippen molar-refractivity contribution in [1.29, 1.82) is 0 Å². The zero-order chi connectivity index (χ0) is 11.1. The number of aldehydes is 1. The van der Waals surface area contributed by atoms with E-state index in [4.69, 9.17) is 4.98 Å². The Bertz CT molecular complexity index is 418. The van der Waals surface area contributed by atoms with Crippen LogP contribution in [0.1, 0.15) is 61.7 Å². The molecule has 1 aromatic heterocycles. The summed E-state index contributed by atoms with van der Waals surface area (Å²) in [7, 11) is 0. The minimum atomic E-state index is 0.492. The Balaban J connectivity index is 2.07. The highest BCUT2D eigenvalue weighted by Crippen LogP contribution is 2.42. The predicted molar refractivity (Wildman–Crippen MR) is 61.6 cm³/mol. The van der Waals surface area contributed by atoms with E-state index in [9.17, 15) is 4.79 Å². The van der Waals surface area contributed by atoms with E-state index >= 15 is 0 Å². The summed E-state index contributed by atoms with van der Waals surface area (Å²) >= 11 is 0. The second-order valence-corrected chi connectivity index (χ2v) is 5.14. The summed E-state index contributed by atoms with van der Waals surface area (Å²) in [6.07, 6.45) is 6.54. The van der Waals surface area contributed by atoms with Gasteiger partial charge < -0.3 is 9.36 Å². The number of fused-ring (bicyclic) bond motifs is 1. The number of hydrogen-bond donors (Lipinski definition) is 0. The third-order valence-corrected chi connectivity index (χ3v) is 3.82. The van der Waals surface area contributed by atoms with Crippen molar-refractivity contribution >= 4 is 6.29 Å². The molecule has 2 heterocycles. The van der Waals surface area contributed by atoms with Crippen LogP contribution >= 0.6 is 0 Å². The van der Waals surface area contributed by atoms with Crippen LogP contribution in [-0.2, 0) is 17.8 Å². The van der Waals surface area contributed by atoms with Crippen LogP contribution in [0.25, 0.3) is 0 Å². The smallest absolute Gasteiger partial charge is 0.126 e. The first-order valence-electron chi connectivity index (χ1n) is 6.34. The van der Waals surface area contributed by atoms with Crippen LogP contribution in [0.3, 0.4) is 0 Å². The minimum absolute atomic E-state index is 0.492. The van der Waals surface area contributed by atoms with Crippen LogP contribution in [0.4, 0.5) is 0 Å². The molecule has 3 nitrogen and oxygen atoms in total. The summed E-state index contributed by atoms with van der Waals surface area (Å²) in [4.78, 5) is 15.4. The average Bonchev–Trinajstić information content (AvgIpc) is 3.04. The third kappa shape index (κ3) is 1.49. The van der Waals surface area contributed by atoms with Gasteiger partial charge in [-0.3, -0.25) is 0 Å². The Kier molecular flexibility index (Phi) is 2.34. The molecule has 1 unspecified atom stereocenters. The topological polar surface area (TPSA) is 34.9 Å². The summed E-state index contributed by atoms with van der Waals surface area (Å²) < 4.78 is 2.41. The molecule has 1 aliphatic heterocycles. The molecule has 0 bridgehead atoms. The van der Waals surface area contributed by atoms with E-state index in [1.807, 2.05) is 0 Å². The molecular formula is C13H18N2O. The molecule has 1 aliphatic carbocycles. The summed E-state index contributed by atoms with van der Waals surface area (Å²) in [5.74, 6) is 2.52. The van der Waals surface area contributed by atoms with Crippen LogP contribution < -0.4 is 0 Å². The molecule has 3 rings (SSSR count). The number of imidazole rings is 1. The first-order chi connectivity index (χ1) is 7.81. The Morgan fingerprint density at radius 2 is 2.25 bits per heavy atom.